The van der Waals surface area contributed by atoms with E-state index in [1.807, 2.05) is 30.3 Å². The summed E-state index contributed by atoms with van der Waals surface area (Å²) < 4.78 is 39.6. The molecular formula is C24H17F2NO3S2. The van der Waals surface area contributed by atoms with Crippen LogP contribution in [0.25, 0.3) is 17.2 Å². The molecule has 1 saturated heterocycles. The van der Waals surface area contributed by atoms with Gasteiger partial charge in [0, 0.05) is 5.56 Å². The van der Waals surface area contributed by atoms with Gasteiger partial charge in [0.25, 0.3) is 5.91 Å². The van der Waals surface area contributed by atoms with Gasteiger partial charge in [-0.3, -0.25) is 4.79 Å². The summed E-state index contributed by atoms with van der Waals surface area (Å²) in [5, 5.41) is 2.57. The molecule has 4 nitrogen and oxygen atoms in total. The molecule has 32 heavy (non-hydrogen) atoms. The van der Waals surface area contributed by atoms with E-state index in [1.54, 1.807) is 18.2 Å². The molecule has 1 aliphatic rings. The highest BCUT2D eigenvalue weighted by atomic mass is 32.2. The molecule has 0 bridgehead atoms. The number of hydrogen-bond acceptors (Lipinski definition) is 5. The number of rotatable bonds is 6. The fraction of sp³-hybridized carbons (Fsp3) is 0.0833. The van der Waals surface area contributed by atoms with E-state index in [2.05, 4.69) is 5.32 Å². The smallest absolute Gasteiger partial charge is 0.263 e. The van der Waals surface area contributed by atoms with Crippen molar-refractivity contribution in [3.63, 3.8) is 0 Å². The lowest BCUT2D eigenvalue weighted by Crippen LogP contribution is -2.17. The van der Waals surface area contributed by atoms with Crippen LogP contribution in [-0.4, -0.2) is 17.3 Å². The minimum atomic E-state index is -0.977. The van der Waals surface area contributed by atoms with Gasteiger partial charge in [-0.25, -0.2) is 8.78 Å². The Kier molecular flexibility index (Phi) is 6.53. The second kappa shape index (κ2) is 9.50. The lowest BCUT2D eigenvalue weighted by molar-refractivity contribution is -0.115. The Morgan fingerprint density at radius 2 is 1.84 bits per heavy atom. The van der Waals surface area contributed by atoms with E-state index in [0.717, 1.165) is 29.5 Å². The zero-order valence-electron chi connectivity index (χ0n) is 16.9. The average Bonchev–Trinajstić information content (AvgIpc) is 3.11. The van der Waals surface area contributed by atoms with Gasteiger partial charge in [0.1, 0.15) is 10.9 Å². The Morgan fingerprint density at radius 1 is 1.06 bits per heavy atom. The highest BCUT2D eigenvalue weighted by Gasteiger charge is 2.23. The second-order valence-electron chi connectivity index (χ2n) is 6.86. The highest BCUT2D eigenvalue weighted by molar-refractivity contribution is 8.26. The minimum absolute atomic E-state index is 0.251. The molecule has 4 rings (SSSR count). The molecule has 0 aliphatic carbocycles. The molecule has 1 amide bonds. The van der Waals surface area contributed by atoms with Gasteiger partial charge in [-0.1, -0.05) is 60.4 Å². The monoisotopic (exact) mass is 469 g/mol. The SMILES string of the molecule is COc1cc(C=C2SC(=S)NC2=O)cc(-c2ccc(F)c(F)c2)c1OCc1ccccc1. The number of amides is 1. The van der Waals surface area contributed by atoms with Crippen molar-refractivity contribution in [3.8, 4) is 22.6 Å². The number of carbonyl (C=O) groups is 1. The maximum atomic E-state index is 14.0. The van der Waals surface area contributed by atoms with Crippen LogP contribution in [0.5, 0.6) is 11.5 Å². The topological polar surface area (TPSA) is 47.6 Å². The molecule has 0 spiro atoms. The number of hydrogen-bond donors (Lipinski definition) is 1. The summed E-state index contributed by atoms with van der Waals surface area (Å²) >= 11 is 6.19. The number of methoxy groups -OCH3 is 1. The second-order valence-corrected chi connectivity index (χ2v) is 8.57. The standard InChI is InChI=1S/C24H17F2NO3S2/c1-29-20-10-15(11-21-23(28)27-24(31)32-21)9-17(16-7-8-18(25)19(26)12-16)22(20)30-13-14-5-3-2-4-6-14/h2-12H,13H2,1H3,(H,27,28,31). The first kappa shape index (κ1) is 22.0. The van der Waals surface area contributed by atoms with Gasteiger partial charge in [-0.05, 0) is 47.0 Å². The van der Waals surface area contributed by atoms with Crippen LogP contribution in [0.3, 0.4) is 0 Å². The van der Waals surface area contributed by atoms with Crippen molar-refractivity contribution in [2.75, 3.05) is 7.11 Å². The quantitative estimate of drug-likeness (QED) is 0.370. The van der Waals surface area contributed by atoms with Crippen LogP contribution < -0.4 is 14.8 Å². The summed E-state index contributed by atoms with van der Waals surface area (Å²) in [6.45, 7) is 0.251. The number of nitrogens with one attached hydrogen (secondary N) is 1. The van der Waals surface area contributed by atoms with Crippen LogP contribution in [0.15, 0.2) is 65.6 Å². The molecule has 0 atom stereocenters. The number of carbonyl (C=O) groups excluding carboxylic acids is 1. The average molecular weight is 470 g/mol. The lowest BCUT2D eigenvalue weighted by Gasteiger charge is -2.17. The van der Waals surface area contributed by atoms with Crippen molar-refractivity contribution in [3.05, 3.63) is 88.3 Å². The molecule has 0 aromatic heterocycles. The predicted molar refractivity (Wildman–Crippen MR) is 125 cm³/mol. The minimum Gasteiger partial charge on any atom is -0.493 e. The first-order valence-electron chi connectivity index (χ1n) is 9.53. The zero-order valence-corrected chi connectivity index (χ0v) is 18.5. The fourth-order valence-corrected chi connectivity index (χ4v) is 4.23. The molecule has 162 valence electrons. The van der Waals surface area contributed by atoms with Crippen LogP contribution in [0.1, 0.15) is 11.1 Å². The van der Waals surface area contributed by atoms with Gasteiger partial charge < -0.3 is 14.8 Å². The summed E-state index contributed by atoms with van der Waals surface area (Å²) in [7, 11) is 1.49. The molecule has 1 aliphatic heterocycles. The molecule has 8 heteroatoms. The van der Waals surface area contributed by atoms with Crippen LogP contribution in [-0.2, 0) is 11.4 Å². The van der Waals surface area contributed by atoms with Crippen LogP contribution in [0, 0.1) is 11.6 Å². The van der Waals surface area contributed by atoms with Crippen molar-refractivity contribution >= 4 is 40.3 Å². The maximum Gasteiger partial charge on any atom is 0.263 e. The third-order valence-corrected chi connectivity index (χ3v) is 5.86. The summed E-state index contributed by atoms with van der Waals surface area (Å²) in [5.74, 6) is -1.45. The first-order chi connectivity index (χ1) is 15.4. The van der Waals surface area contributed by atoms with Gasteiger partial charge in [0.15, 0.2) is 23.1 Å². The van der Waals surface area contributed by atoms with Gasteiger partial charge >= 0.3 is 0 Å². The number of halogens is 2. The number of thioether (sulfide) groups is 1. The predicted octanol–water partition coefficient (Wildman–Crippen LogP) is 5.71. The normalized spacial score (nSPS) is 14.5. The van der Waals surface area contributed by atoms with E-state index in [-0.39, 0.29) is 12.5 Å². The number of benzene rings is 3. The van der Waals surface area contributed by atoms with Crippen LogP contribution in [0.2, 0.25) is 0 Å². The van der Waals surface area contributed by atoms with Crippen molar-refractivity contribution in [2.45, 2.75) is 6.61 Å². The van der Waals surface area contributed by atoms with Gasteiger partial charge in [0.2, 0.25) is 0 Å². The van der Waals surface area contributed by atoms with Crippen molar-refractivity contribution in [1.82, 2.24) is 5.32 Å². The van der Waals surface area contributed by atoms with Crippen molar-refractivity contribution in [2.24, 2.45) is 0 Å². The molecule has 3 aromatic rings. The third kappa shape index (κ3) is 4.81. The molecule has 1 heterocycles. The molecular weight excluding hydrogens is 452 g/mol. The van der Waals surface area contributed by atoms with E-state index >= 15 is 0 Å². The highest BCUT2D eigenvalue weighted by Crippen LogP contribution is 2.41. The maximum absolute atomic E-state index is 14.0. The van der Waals surface area contributed by atoms with E-state index in [9.17, 15) is 13.6 Å². The van der Waals surface area contributed by atoms with Crippen LogP contribution in [0.4, 0.5) is 8.78 Å². The molecule has 1 N–H and O–H groups in total. The summed E-state index contributed by atoms with van der Waals surface area (Å²) in [5.41, 5.74) is 2.46. The Balaban J connectivity index is 1.81. The summed E-state index contributed by atoms with van der Waals surface area (Å²) in [4.78, 5) is 12.5. The van der Waals surface area contributed by atoms with E-state index < -0.39 is 11.6 Å². The van der Waals surface area contributed by atoms with Gasteiger partial charge in [-0.2, -0.15) is 0 Å². The molecule has 1 fully saturated rings. The first-order valence-corrected chi connectivity index (χ1v) is 10.8. The Morgan fingerprint density at radius 3 is 2.50 bits per heavy atom. The van der Waals surface area contributed by atoms with Crippen molar-refractivity contribution < 1.29 is 23.0 Å². The van der Waals surface area contributed by atoms with Gasteiger partial charge in [-0.15, -0.1) is 0 Å². The van der Waals surface area contributed by atoms with E-state index in [0.29, 0.717) is 37.4 Å². The largest absolute Gasteiger partial charge is 0.493 e. The fourth-order valence-electron chi connectivity index (χ4n) is 3.19. The lowest BCUT2D eigenvalue weighted by atomic mass is 10.00. The Labute approximate surface area is 193 Å². The Hall–Kier alpha value is -3.23. The summed E-state index contributed by atoms with van der Waals surface area (Å²) in [6.07, 6.45) is 1.66. The zero-order chi connectivity index (χ0) is 22.7. The van der Waals surface area contributed by atoms with E-state index in [1.165, 1.54) is 13.2 Å². The number of ether oxygens (including phenoxy) is 2. The van der Waals surface area contributed by atoms with Crippen molar-refractivity contribution in [1.29, 1.82) is 0 Å². The summed E-state index contributed by atoms with van der Waals surface area (Å²) in [6, 6.07) is 16.6. The van der Waals surface area contributed by atoms with Gasteiger partial charge in [0.05, 0.1) is 12.0 Å². The molecule has 0 saturated carbocycles. The number of thiocarbonyl (C=S) groups is 1. The van der Waals surface area contributed by atoms with E-state index in [4.69, 9.17) is 21.7 Å². The molecule has 3 aromatic carbocycles. The van der Waals surface area contributed by atoms with Crippen LogP contribution >= 0.6 is 24.0 Å². The third-order valence-electron chi connectivity index (χ3n) is 4.69. The molecule has 0 unspecified atom stereocenters. The Bertz CT molecular complexity index is 1230. The molecule has 0 radical (unpaired) electrons.